The number of nitrogens with one attached hydrogen (secondary N) is 1. The van der Waals surface area contributed by atoms with Gasteiger partial charge in [0.25, 0.3) is 11.5 Å². The fraction of sp³-hybridized carbons (Fsp3) is 0.194. The summed E-state index contributed by atoms with van der Waals surface area (Å²) < 4.78 is 1.66. The fourth-order valence-electron chi connectivity index (χ4n) is 4.95. The van der Waals surface area contributed by atoms with E-state index in [1.807, 2.05) is 48.5 Å². The van der Waals surface area contributed by atoms with E-state index in [2.05, 4.69) is 34.4 Å². The summed E-state index contributed by atoms with van der Waals surface area (Å²) in [4.78, 5) is 32.8. The zero-order valence-electron chi connectivity index (χ0n) is 21.6. The van der Waals surface area contributed by atoms with Crippen LogP contribution in [-0.2, 0) is 19.5 Å². The number of likely N-dealkylation sites (N-methyl/N-ethyl adjacent to an activating group) is 1. The Bertz CT molecular complexity index is 1630. The number of rotatable bonds is 6. The number of hydrogen-bond donors (Lipinski definition) is 2. The first-order valence-electron chi connectivity index (χ1n) is 12.6. The van der Waals surface area contributed by atoms with Crippen molar-refractivity contribution in [3.63, 3.8) is 0 Å². The second-order valence-electron chi connectivity index (χ2n) is 9.64. The zero-order valence-corrected chi connectivity index (χ0v) is 21.6. The molecule has 0 aliphatic carbocycles. The third kappa shape index (κ3) is 5.28. The first-order valence-corrected chi connectivity index (χ1v) is 12.6. The molecule has 2 heterocycles. The normalized spacial score (nSPS) is 14.1. The number of aromatic nitrogens is 1. The van der Waals surface area contributed by atoms with Crippen molar-refractivity contribution in [2.75, 3.05) is 26.0 Å². The molecule has 1 aliphatic rings. The number of hydrogen-bond acceptors (Lipinski definition) is 5. The van der Waals surface area contributed by atoms with Crippen molar-refractivity contribution in [1.82, 2.24) is 9.47 Å². The second-order valence-corrected chi connectivity index (χ2v) is 9.64. The number of anilines is 1. The highest BCUT2D eigenvalue weighted by molar-refractivity contribution is 6.10. The summed E-state index contributed by atoms with van der Waals surface area (Å²) in [5.74, 6) is -0.168. The van der Waals surface area contributed by atoms with Crippen LogP contribution in [0.25, 0.3) is 10.8 Å². The van der Waals surface area contributed by atoms with Gasteiger partial charge in [-0.1, -0.05) is 24.3 Å². The van der Waals surface area contributed by atoms with Gasteiger partial charge in [-0.05, 0) is 90.3 Å². The van der Waals surface area contributed by atoms with Crippen molar-refractivity contribution in [3.05, 3.63) is 123 Å². The fourth-order valence-corrected chi connectivity index (χ4v) is 4.95. The number of allylic oxidation sites excluding steroid dienone is 1. The number of pyridine rings is 1. The molecule has 0 fully saturated rings. The first kappa shape index (κ1) is 25.2. The molecule has 3 aromatic carbocycles. The van der Waals surface area contributed by atoms with E-state index in [1.54, 1.807) is 30.0 Å². The topological polar surface area (TPSA) is 92.7 Å². The molecule has 1 aromatic heterocycles. The highest BCUT2D eigenvalue weighted by Crippen LogP contribution is 2.22. The van der Waals surface area contributed by atoms with Crippen LogP contribution in [0.1, 0.15) is 32.6 Å². The second kappa shape index (κ2) is 10.9. The molecule has 0 unspecified atom stereocenters. The molecule has 7 nitrogen and oxygen atoms in total. The highest BCUT2D eigenvalue weighted by Gasteiger charge is 2.15. The van der Waals surface area contributed by atoms with Gasteiger partial charge in [-0.3, -0.25) is 14.6 Å². The number of nitrogens with two attached hydrogens (primary N) is 1. The summed E-state index contributed by atoms with van der Waals surface area (Å²) in [6.45, 7) is 2.31. The lowest BCUT2D eigenvalue weighted by molar-refractivity contribution is 0.102. The van der Waals surface area contributed by atoms with E-state index in [0.29, 0.717) is 17.5 Å². The molecule has 1 aliphatic heterocycles. The molecular formula is C31H31N5O2. The predicted molar refractivity (Wildman–Crippen MR) is 154 cm³/mol. The molecule has 0 bridgehead atoms. The van der Waals surface area contributed by atoms with Gasteiger partial charge in [0.05, 0.1) is 12.3 Å². The minimum absolute atomic E-state index is 0.0898. The smallest absolute Gasteiger partial charge is 0.258 e. The van der Waals surface area contributed by atoms with Crippen LogP contribution in [0.4, 0.5) is 5.69 Å². The zero-order chi connectivity index (χ0) is 26.6. The summed E-state index contributed by atoms with van der Waals surface area (Å²) in [5.41, 5.74) is 11.9. The van der Waals surface area contributed by atoms with Crippen LogP contribution < -0.4 is 16.6 Å². The molecule has 0 spiro atoms. The standard InChI is InChI=1S/C31H31N5O2/c1-33-29(10-13-32)24-7-9-28-23(17-24)12-15-36(31(28)38)19-21-4-3-5-25(16-21)30(37)34-27-8-6-26-20-35(2)14-11-22(26)18-27/h3-10,12-13,15-18H,11,14,19-20,32H2,1-2H3,(H,34,37)/b13-10-,33-29?. The van der Waals surface area contributed by atoms with E-state index in [1.165, 1.54) is 17.3 Å². The van der Waals surface area contributed by atoms with Crippen molar-refractivity contribution < 1.29 is 4.79 Å². The molecule has 7 heteroatoms. The molecule has 4 aromatic rings. The van der Waals surface area contributed by atoms with Gasteiger partial charge in [-0.15, -0.1) is 0 Å². The van der Waals surface area contributed by atoms with Crippen molar-refractivity contribution in [1.29, 1.82) is 0 Å². The Kier molecular flexibility index (Phi) is 7.20. The minimum atomic E-state index is -0.168. The summed E-state index contributed by atoms with van der Waals surface area (Å²) in [5, 5.41) is 4.49. The number of fused-ring (bicyclic) bond motifs is 2. The van der Waals surface area contributed by atoms with Gasteiger partial charge in [0, 0.05) is 48.5 Å². The summed E-state index contributed by atoms with van der Waals surface area (Å²) in [6.07, 6.45) is 5.94. The lowest BCUT2D eigenvalue weighted by Gasteiger charge is -2.25. The molecular weight excluding hydrogens is 474 g/mol. The first-order chi connectivity index (χ1) is 18.4. The van der Waals surface area contributed by atoms with Crippen LogP contribution in [0, 0.1) is 0 Å². The van der Waals surface area contributed by atoms with Crippen LogP contribution in [0.3, 0.4) is 0 Å². The number of aliphatic imine (C=N–C) groups is 1. The van der Waals surface area contributed by atoms with Gasteiger partial charge in [0.15, 0.2) is 0 Å². The Morgan fingerprint density at radius 1 is 1.05 bits per heavy atom. The lowest BCUT2D eigenvalue weighted by atomic mass is 9.99. The van der Waals surface area contributed by atoms with Crippen LogP contribution >= 0.6 is 0 Å². The maximum atomic E-state index is 13.2. The summed E-state index contributed by atoms with van der Waals surface area (Å²) in [6, 6.07) is 21.1. The number of amides is 1. The van der Waals surface area contributed by atoms with Crippen molar-refractivity contribution in [2.45, 2.75) is 19.5 Å². The lowest BCUT2D eigenvalue weighted by Crippen LogP contribution is -2.26. The highest BCUT2D eigenvalue weighted by atomic mass is 16.1. The Labute approximate surface area is 221 Å². The van der Waals surface area contributed by atoms with E-state index in [4.69, 9.17) is 5.73 Å². The molecule has 0 radical (unpaired) electrons. The van der Waals surface area contributed by atoms with Crippen molar-refractivity contribution >= 4 is 28.1 Å². The van der Waals surface area contributed by atoms with E-state index in [-0.39, 0.29) is 11.5 Å². The molecule has 0 atom stereocenters. The Balaban J connectivity index is 1.34. The van der Waals surface area contributed by atoms with E-state index < -0.39 is 0 Å². The molecule has 5 rings (SSSR count). The van der Waals surface area contributed by atoms with E-state index in [0.717, 1.165) is 47.4 Å². The van der Waals surface area contributed by atoms with Gasteiger partial charge in [0.2, 0.25) is 0 Å². The summed E-state index contributed by atoms with van der Waals surface area (Å²) in [7, 11) is 3.82. The molecule has 192 valence electrons. The van der Waals surface area contributed by atoms with Gasteiger partial charge < -0.3 is 20.5 Å². The van der Waals surface area contributed by atoms with Crippen LogP contribution in [0.15, 0.2) is 95.0 Å². The van der Waals surface area contributed by atoms with Crippen LogP contribution in [0.2, 0.25) is 0 Å². The summed E-state index contributed by atoms with van der Waals surface area (Å²) >= 11 is 0. The van der Waals surface area contributed by atoms with Crippen LogP contribution in [-0.4, -0.2) is 41.7 Å². The van der Waals surface area contributed by atoms with E-state index in [9.17, 15) is 9.59 Å². The maximum Gasteiger partial charge on any atom is 0.258 e. The van der Waals surface area contributed by atoms with Crippen molar-refractivity contribution in [2.24, 2.45) is 10.7 Å². The average Bonchev–Trinajstić information content (AvgIpc) is 2.93. The van der Waals surface area contributed by atoms with Gasteiger partial charge in [0.1, 0.15) is 0 Å². The van der Waals surface area contributed by atoms with Crippen molar-refractivity contribution in [3.8, 4) is 0 Å². The van der Waals surface area contributed by atoms with Gasteiger partial charge >= 0.3 is 0 Å². The quantitative estimate of drug-likeness (QED) is 0.385. The third-order valence-corrected chi connectivity index (χ3v) is 6.98. The number of carbonyl (C=O) groups excluding carboxylic acids is 1. The molecule has 0 saturated carbocycles. The Hall–Kier alpha value is -4.49. The molecule has 1 amide bonds. The predicted octanol–water partition coefficient (Wildman–Crippen LogP) is 4.18. The third-order valence-electron chi connectivity index (χ3n) is 6.98. The monoisotopic (exact) mass is 505 g/mol. The van der Waals surface area contributed by atoms with Crippen LogP contribution in [0.5, 0.6) is 0 Å². The average molecular weight is 506 g/mol. The number of carbonyl (C=O) groups is 1. The minimum Gasteiger partial charge on any atom is -0.405 e. The Morgan fingerprint density at radius 3 is 2.74 bits per heavy atom. The maximum absolute atomic E-state index is 13.2. The number of benzene rings is 3. The molecule has 38 heavy (non-hydrogen) atoms. The van der Waals surface area contributed by atoms with Gasteiger partial charge in [-0.25, -0.2) is 0 Å². The molecule has 0 saturated heterocycles. The largest absolute Gasteiger partial charge is 0.405 e. The van der Waals surface area contributed by atoms with E-state index >= 15 is 0 Å². The van der Waals surface area contributed by atoms with Gasteiger partial charge in [-0.2, -0.15) is 0 Å². The number of nitrogens with zero attached hydrogens (tertiary/aromatic N) is 3. The Morgan fingerprint density at radius 2 is 1.92 bits per heavy atom. The molecule has 3 N–H and O–H groups in total. The SMILES string of the molecule is CN=C(/C=C\N)c1ccc2c(=O)n(Cc3cccc(C(=O)Nc4ccc5c(c4)CCN(C)C5)c3)ccc2c1.